The minimum absolute atomic E-state index is 0.424. The third-order valence-electron chi connectivity index (χ3n) is 3.51. The van der Waals surface area contributed by atoms with Crippen LogP contribution in [0.3, 0.4) is 0 Å². The molecule has 1 saturated heterocycles. The van der Waals surface area contributed by atoms with Gasteiger partial charge >= 0.3 is 0 Å². The lowest BCUT2D eigenvalue weighted by Crippen LogP contribution is -2.21. The maximum atomic E-state index is 10.1. The van der Waals surface area contributed by atoms with Crippen LogP contribution in [-0.4, -0.2) is 36.8 Å². The summed E-state index contributed by atoms with van der Waals surface area (Å²) in [6.07, 6.45) is 1.18. The molecule has 0 spiro atoms. The van der Waals surface area contributed by atoms with E-state index in [-0.39, 0.29) is 0 Å². The normalized spacial score (nSPS) is 20.5. The van der Waals surface area contributed by atoms with Gasteiger partial charge in [0.05, 0.1) is 6.61 Å². The average molecular weight is 314 g/mol. The number of aromatic hydroxyl groups is 1. The van der Waals surface area contributed by atoms with E-state index in [0.29, 0.717) is 11.7 Å². The van der Waals surface area contributed by atoms with Gasteiger partial charge in [-0.1, -0.05) is 15.9 Å². The number of hydrogen-bond acceptors (Lipinski definition) is 3. The van der Waals surface area contributed by atoms with Gasteiger partial charge in [-0.15, -0.1) is 0 Å². The summed E-state index contributed by atoms with van der Waals surface area (Å²) in [6.45, 7) is 5.71. The van der Waals surface area contributed by atoms with Crippen molar-refractivity contribution in [2.75, 3.05) is 26.8 Å². The number of aryl methyl sites for hydroxylation is 1. The van der Waals surface area contributed by atoms with Crippen molar-refractivity contribution in [2.45, 2.75) is 19.9 Å². The number of nitrogens with zero attached hydrogens (tertiary/aromatic N) is 1. The number of hydrogen-bond donors (Lipinski definition) is 1. The smallest absolute Gasteiger partial charge is 0.123 e. The van der Waals surface area contributed by atoms with Crippen molar-refractivity contribution in [1.29, 1.82) is 0 Å². The summed E-state index contributed by atoms with van der Waals surface area (Å²) in [5.74, 6) is 1.05. The Labute approximate surface area is 117 Å². The minimum atomic E-state index is 0.424. The van der Waals surface area contributed by atoms with Crippen molar-refractivity contribution >= 4 is 15.9 Å². The van der Waals surface area contributed by atoms with Gasteiger partial charge in [-0.25, -0.2) is 0 Å². The van der Waals surface area contributed by atoms with Crippen LogP contribution in [-0.2, 0) is 11.3 Å². The van der Waals surface area contributed by atoms with E-state index in [1.165, 1.54) is 6.42 Å². The van der Waals surface area contributed by atoms with Crippen LogP contribution in [0.15, 0.2) is 16.6 Å². The molecular formula is C14H20BrNO2. The van der Waals surface area contributed by atoms with Crippen LogP contribution < -0.4 is 0 Å². The van der Waals surface area contributed by atoms with Gasteiger partial charge in [0.15, 0.2) is 0 Å². The topological polar surface area (TPSA) is 32.7 Å². The monoisotopic (exact) mass is 313 g/mol. The van der Waals surface area contributed by atoms with Crippen LogP contribution in [0, 0.1) is 12.8 Å². The highest BCUT2D eigenvalue weighted by molar-refractivity contribution is 9.10. The van der Waals surface area contributed by atoms with Crippen LogP contribution in [0.2, 0.25) is 0 Å². The molecule has 1 aromatic rings. The standard InChI is InChI=1S/C14H20BrNO2/c1-10-5-13(15)6-12(14(10)17)8-16-4-3-11(7-16)9-18-2/h5-6,11,17H,3-4,7-9H2,1-2H3. The van der Waals surface area contributed by atoms with Gasteiger partial charge in [0.1, 0.15) is 5.75 Å². The van der Waals surface area contributed by atoms with Gasteiger partial charge in [-0.2, -0.15) is 0 Å². The van der Waals surface area contributed by atoms with Crippen LogP contribution >= 0.6 is 15.9 Å². The van der Waals surface area contributed by atoms with Crippen molar-refractivity contribution in [3.8, 4) is 5.75 Å². The Morgan fingerprint density at radius 2 is 2.28 bits per heavy atom. The Bertz CT molecular complexity index is 423. The first-order valence-electron chi connectivity index (χ1n) is 6.29. The predicted octanol–water partition coefficient (Wildman–Crippen LogP) is 2.93. The zero-order valence-corrected chi connectivity index (χ0v) is 12.5. The van der Waals surface area contributed by atoms with E-state index in [1.807, 2.05) is 19.1 Å². The van der Waals surface area contributed by atoms with Crippen LogP contribution in [0.25, 0.3) is 0 Å². The van der Waals surface area contributed by atoms with E-state index in [9.17, 15) is 5.11 Å². The summed E-state index contributed by atoms with van der Waals surface area (Å²) < 4.78 is 6.23. The number of rotatable bonds is 4. The Morgan fingerprint density at radius 1 is 1.50 bits per heavy atom. The number of phenols is 1. The molecule has 1 atom stereocenters. The lowest BCUT2D eigenvalue weighted by Gasteiger charge is -2.17. The molecule has 2 rings (SSSR count). The first-order valence-corrected chi connectivity index (χ1v) is 7.08. The molecule has 1 N–H and O–H groups in total. The number of likely N-dealkylation sites (tertiary alicyclic amines) is 1. The molecule has 1 fully saturated rings. The summed E-state index contributed by atoms with van der Waals surface area (Å²) >= 11 is 3.48. The number of halogens is 1. The molecule has 0 aromatic heterocycles. The van der Waals surface area contributed by atoms with Gasteiger partial charge in [-0.05, 0) is 43.5 Å². The molecule has 0 bridgehead atoms. The van der Waals surface area contributed by atoms with Crippen molar-refractivity contribution in [1.82, 2.24) is 4.90 Å². The lowest BCUT2D eigenvalue weighted by atomic mass is 10.1. The number of methoxy groups -OCH3 is 1. The summed E-state index contributed by atoms with van der Waals surface area (Å²) in [5, 5.41) is 10.1. The van der Waals surface area contributed by atoms with Gasteiger partial charge in [-0.3, -0.25) is 4.90 Å². The first-order chi connectivity index (χ1) is 8.60. The Hall–Kier alpha value is -0.580. The second-order valence-corrected chi connectivity index (χ2v) is 5.99. The first kappa shape index (κ1) is 13.8. The van der Waals surface area contributed by atoms with E-state index in [1.54, 1.807) is 7.11 Å². The molecular weight excluding hydrogens is 294 g/mol. The third kappa shape index (κ3) is 3.25. The van der Waals surface area contributed by atoms with Crippen molar-refractivity contribution < 1.29 is 9.84 Å². The Morgan fingerprint density at radius 3 is 3.00 bits per heavy atom. The Kier molecular flexibility index (Phi) is 4.65. The zero-order valence-electron chi connectivity index (χ0n) is 10.9. The summed E-state index contributed by atoms with van der Waals surface area (Å²) in [6, 6.07) is 3.95. The number of phenolic OH excluding ortho intramolecular Hbond substituents is 1. The average Bonchev–Trinajstić information content (AvgIpc) is 2.73. The molecule has 3 nitrogen and oxygen atoms in total. The lowest BCUT2D eigenvalue weighted by molar-refractivity contribution is 0.152. The highest BCUT2D eigenvalue weighted by Gasteiger charge is 2.23. The summed E-state index contributed by atoms with van der Waals surface area (Å²) in [7, 11) is 1.76. The maximum Gasteiger partial charge on any atom is 0.123 e. The van der Waals surface area contributed by atoms with Crippen molar-refractivity contribution in [3.05, 3.63) is 27.7 Å². The summed E-state index contributed by atoms with van der Waals surface area (Å²) in [5.41, 5.74) is 1.92. The fourth-order valence-corrected chi connectivity index (χ4v) is 3.21. The van der Waals surface area contributed by atoms with E-state index in [0.717, 1.165) is 41.8 Å². The molecule has 1 aromatic carbocycles. The molecule has 1 aliphatic heterocycles. The van der Waals surface area contributed by atoms with E-state index in [4.69, 9.17) is 4.74 Å². The van der Waals surface area contributed by atoms with Crippen LogP contribution in [0.1, 0.15) is 17.5 Å². The molecule has 0 radical (unpaired) electrons. The second kappa shape index (κ2) is 6.04. The molecule has 100 valence electrons. The predicted molar refractivity (Wildman–Crippen MR) is 75.8 cm³/mol. The van der Waals surface area contributed by atoms with E-state index < -0.39 is 0 Å². The van der Waals surface area contributed by atoms with Gasteiger partial charge in [0.2, 0.25) is 0 Å². The van der Waals surface area contributed by atoms with Gasteiger partial charge in [0.25, 0.3) is 0 Å². The third-order valence-corrected chi connectivity index (χ3v) is 3.97. The highest BCUT2D eigenvalue weighted by Crippen LogP contribution is 2.29. The SMILES string of the molecule is COCC1CCN(Cc2cc(Br)cc(C)c2O)C1. The molecule has 1 heterocycles. The van der Waals surface area contributed by atoms with Crippen LogP contribution in [0.5, 0.6) is 5.75 Å². The molecule has 1 unspecified atom stereocenters. The van der Waals surface area contributed by atoms with Crippen molar-refractivity contribution in [3.63, 3.8) is 0 Å². The fraction of sp³-hybridized carbons (Fsp3) is 0.571. The zero-order chi connectivity index (χ0) is 13.1. The largest absolute Gasteiger partial charge is 0.507 e. The Balaban J connectivity index is 2.02. The molecule has 4 heteroatoms. The fourth-order valence-electron chi connectivity index (χ4n) is 2.59. The maximum absolute atomic E-state index is 10.1. The number of benzene rings is 1. The highest BCUT2D eigenvalue weighted by atomic mass is 79.9. The quantitative estimate of drug-likeness (QED) is 0.927. The van der Waals surface area contributed by atoms with Crippen LogP contribution in [0.4, 0.5) is 0 Å². The van der Waals surface area contributed by atoms with Crippen molar-refractivity contribution in [2.24, 2.45) is 5.92 Å². The second-order valence-electron chi connectivity index (χ2n) is 5.08. The van der Waals surface area contributed by atoms with Gasteiger partial charge < -0.3 is 9.84 Å². The van der Waals surface area contributed by atoms with E-state index in [2.05, 4.69) is 20.8 Å². The molecule has 0 amide bonds. The minimum Gasteiger partial charge on any atom is -0.507 e. The molecule has 0 saturated carbocycles. The van der Waals surface area contributed by atoms with Gasteiger partial charge in [0, 0.05) is 30.2 Å². The molecule has 0 aliphatic carbocycles. The molecule has 1 aliphatic rings. The summed E-state index contributed by atoms with van der Waals surface area (Å²) in [4.78, 5) is 2.38. The van der Waals surface area contributed by atoms with E-state index >= 15 is 0 Å². The molecule has 18 heavy (non-hydrogen) atoms. The number of ether oxygens (including phenoxy) is 1.